The highest BCUT2D eigenvalue weighted by atomic mass is 15.2. The average Bonchev–Trinajstić information content (AvgIpc) is 2.30. The summed E-state index contributed by atoms with van der Waals surface area (Å²) in [5, 5.41) is 3.50. The first-order valence-corrected chi connectivity index (χ1v) is 5.85. The quantitative estimate of drug-likeness (QED) is 0.687. The first-order chi connectivity index (χ1) is 7.36. The van der Waals surface area contributed by atoms with Crippen LogP contribution in [-0.2, 0) is 6.54 Å². The minimum Gasteiger partial charge on any atom is -0.315 e. The van der Waals surface area contributed by atoms with Crippen molar-refractivity contribution < 1.29 is 0 Å². The third-order valence-corrected chi connectivity index (χ3v) is 3.89. The smallest absolute Gasteiger partial charge is 0.0290 e. The highest BCUT2D eigenvalue weighted by molar-refractivity contribution is 5.34. The van der Waals surface area contributed by atoms with Crippen LogP contribution in [0.3, 0.4) is 0 Å². The van der Waals surface area contributed by atoms with Crippen LogP contribution in [0.4, 0.5) is 0 Å². The van der Waals surface area contributed by atoms with Gasteiger partial charge in [0.2, 0.25) is 0 Å². The van der Waals surface area contributed by atoms with Crippen LogP contribution in [0, 0.1) is 0 Å². The summed E-state index contributed by atoms with van der Waals surface area (Å²) in [6.45, 7) is 3.43. The van der Waals surface area contributed by atoms with E-state index in [1.165, 1.54) is 18.5 Å². The normalized spacial score (nSPS) is 30.7. The van der Waals surface area contributed by atoms with Crippen molar-refractivity contribution in [2.24, 2.45) is 0 Å². The molecule has 0 amide bonds. The van der Waals surface area contributed by atoms with Gasteiger partial charge in [-0.3, -0.25) is 4.90 Å². The minimum absolute atomic E-state index is 0.702. The van der Waals surface area contributed by atoms with Crippen molar-refractivity contribution in [3.05, 3.63) is 35.4 Å². The monoisotopic (exact) mass is 202 g/mol. The Morgan fingerprint density at radius 2 is 2.20 bits per heavy atom. The van der Waals surface area contributed by atoms with Crippen molar-refractivity contribution >= 4 is 0 Å². The molecule has 0 bridgehead atoms. The Morgan fingerprint density at radius 3 is 3.13 bits per heavy atom. The van der Waals surface area contributed by atoms with Gasteiger partial charge in [0, 0.05) is 25.0 Å². The van der Waals surface area contributed by atoms with Gasteiger partial charge in [-0.25, -0.2) is 0 Å². The van der Waals surface area contributed by atoms with E-state index in [0.29, 0.717) is 6.04 Å². The van der Waals surface area contributed by atoms with Gasteiger partial charge in [0.25, 0.3) is 0 Å². The highest BCUT2D eigenvalue weighted by Crippen LogP contribution is 2.35. The van der Waals surface area contributed by atoms with E-state index >= 15 is 0 Å². The fraction of sp³-hybridized carbons (Fsp3) is 0.538. The molecular weight excluding hydrogens is 184 g/mol. The van der Waals surface area contributed by atoms with Crippen molar-refractivity contribution in [1.29, 1.82) is 0 Å². The molecule has 1 saturated heterocycles. The van der Waals surface area contributed by atoms with E-state index in [1.54, 1.807) is 5.56 Å². The van der Waals surface area contributed by atoms with Gasteiger partial charge in [-0.05, 0) is 31.1 Å². The molecule has 2 aliphatic heterocycles. The first-order valence-electron chi connectivity index (χ1n) is 5.85. The van der Waals surface area contributed by atoms with E-state index in [9.17, 15) is 0 Å². The Morgan fingerprint density at radius 1 is 1.33 bits per heavy atom. The second kappa shape index (κ2) is 3.62. The van der Waals surface area contributed by atoms with E-state index in [-0.39, 0.29) is 0 Å². The third-order valence-electron chi connectivity index (χ3n) is 3.89. The summed E-state index contributed by atoms with van der Waals surface area (Å²) in [6.07, 6.45) is 1.28. The van der Waals surface area contributed by atoms with Crippen LogP contribution in [-0.4, -0.2) is 31.1 Å². The molecule has 1 aromatic carbocycles. The van der Waals surface area contributed by atoms with Crippen LogP contribution in [0.25, 0.3) is 0 Å². The highest BCUT2D eigenvalue weighted by Gasteiger charge is 2.34. The number of fused-ring (bicyclic) bond motifs is 3. The first kappa shape index (κ1) is 9.37. The number of nitrogens with zero attached hydrogens (tertiary/aromatic N) is 1. The van der Waals surface area contributed by atoms with E-state index < -0.39 is 0 Å². The van der Waals surface area contributed by atoms with Crippen molar-refractivity contribution in [2.45, 2.75) is 24.9 Å². The lowest BCUT2D eigenvalue weighted by atomic mass is 9.80. The van der Waals surface area contributed by atoms with E-state index in [0.717, 1.165) is 19.0 Å². The molecule has 0 spiro atoms. The molecule has 2 unspecified atom stereocenters. The molecule has 0 aromatic heterocycles. The Balaban J connectivity index is 2.02. The summed E-state index contributed by atoms with van der Waals surface area (Å²) in [4.78, 5) is 2.50. The number of hydrogen-bond donors (Lipinski definition) is 1. The van der Waals surface area contributed by atoms with Crippen LogP contribution in [0.1, 0.15) is 23.5 Å². The van der Waals surface area contributed by atoms with Gasteiger partial charge in [-0.1, -0.05) is 24.3 Å². The Labute approximate surface area is 91.3 Å². The molecular formula is C13H18N2. The topological polar surface area (TPSA) is 15.3 Å². The van der Waals surface area contributed by atoms with Gasteiger partial charge in [-0.2, -0.15) is 0 Å². The average molecular weight is 202 g/mol. The van der Waals surface area contributed by atoms with Gasteiger partial charge in [-0.15, -0.1) is 0 Å². The van der Waals surface area contributed by atoms with Gasteiger partial charge in [0.15, 0.2) is 0 Å². The maximum Gasteiger partial charge on any atom is 0.0290 e. The molecule has 1 fully saturated rings. The molecule has 1 aromatic rings. The minimum atomic E-state index is 0.702. The molecule has 0 aliphatic carbocycles. The van der Waals surface area contributed by atoms with Crippen LogP contribution < -0.4 is 5.32 Å². The van der Waals surface area contributed by atoms with E-state index in [4.69, 9.17) is 0 Å². The zero-order valence-corrected chi connectivity index (χ0v) is 9.24. The van der Waals surface area contributed by atoms with Crippen molar-refractivity contribution in [2.75, 3.05) is 20.1 Å². The predicted molar refractivity (Wildman–Crippen MR) is 61.9 cm³/mol. The van der Waals surface area contributed by atoms with Gasteiger partial charge in [0.1, 0.15) is 0 Å². The maximum atomic E-state index is 3.50. The molecule has 15 heavy (non-hydrogen) atoms. The molecule has 3 rings (SSSR count). The fourth-order valence-corrected chi connectivity index (χ4v) is 3.09. The van der Waals surface area contributed by atoms with Crippen LogP contribution in [0.5, 0.6) is 0 Å². The van der Waals surface area contributed by atoms with Crippen LogP contribution >= 0.6 is 0 Å². The predicted octanol–water partition coefficient (Wildman–Crippen LogP) is 1.58. The van der Waals surface area contributed by atoms with Gasteiger partial charge >= 0.3 is 0 Å². The molecule has 1 N–H and O–H groups in total. The third kappa shape index (κ3) is 1.48. The number of piperidine rings is 1. The second-order valence-corrected chi connectivity index (χ2v) is 4.78. The summed E-state index contributed by atoms with van der Waals surface area (Å²) in [7, 11) is 2.25. The summed E-state index contributed by atoms with van der Waals surface area (Å²) in [6, 6.07) is 9.65. The molecule has 2 heterocycles. The summed E-state index contributed by atoms with van der Waals surface area (Å²) < 4.78 is 0. The second-order valence-electron chi connectivity index (χ2n) is 4.78. The molecule has 2 nitrogen and oxygen atoms in total. The Hall–Kier alpha value is -0.860. The fourth-order valence-electron chi connectivity index (χ4n) is 3.09. The summed E-state index contributed by atoms with van der Waals surface area (Å²) in [5.74, 6) is 0.751. The lowest BCUT2D eigenvalue weighted by Gasteiger charge is -2.43. The number of hydrogen-bond acceptors (Lipinski definition) is 2. The molecule has 2 heteroatoms. The Kier molecular flexibility index (Phi) is 2.26. The molecule has 2 atom stereocenters. The summed E-state index contributed by atoms with van der Waals surface area (Å²) >= 11 is 0. The molecule has 0 radical (unpaired) electrons. The van der Waals surface area contributed by atoms with Crippen LogP contribution in [0.2, 0.25) is 0 Å². The molecule has 80 valence electrons. The SMILES string of the molecule is CN1Cc2ccccc2C2CCNCC21. The number of nitrogens with one attached hydrogen (secondary N) is 1. The van der Waals surface area contributed by atoms with Crippen molar-refractivity contribution in [1.82, 2.24) is 10.2 Å². The Bertz CT molecular complexity index is 361. The van der Waals surface area contributed by atoms with Crippen molar-refractivity contribution in [3.8, 4) is 0 Å². The molecule has 0 saturated carbocycles. The van der Waals surface area contributed by atoms with Gasteiger partial charge in [0.05, 0.1) is 0 Å². The van der Waals surface area contributed by atoms with Crippen LogP contribution in [0.15, 0.2) is 24.3 Å². The maximum absolute atomic E-state index is 3.50. The zero-order valence-electron chi connectivity index (χ0n) is 9.24. The van der Waals surface area contributed by atoms with E-state index in [2.05, 4.69) is 41.5 Å². The van der Waals surface area contributed by atoms with Gasteiger partial charge < -0.3 is 5.32 Å². The van der Waals surface area contributed by atoms with Crippen molar-refractivity contribution in [3.63, 3.8) is 0 Å². The lowest BCUT2D eigenvalue weighted by molar-refractivity contribution is 0.154. The largest absolute Gasteiger partial charge is 0.315 e. The zero-order chi connectivity index (χ0) is 10.3. The summed E-state index contributed by atoms with van der Waals surface area (Å²) in [5.41, 5.74) is 3.13. The lowest BCUT2D eigenvalue weighted by Crippen LogP contribution is -2.50. The number of rotatable bonds is 0. The number of likely N-dealkylation sites (N-methyl/N-ethyl adjacent to an activating group) is 1. The van der Waals surface area contributed by atoms with E-state index in [1.807, 2.05) is 0 Å². The number of benzene rings is 1. The standard InChI is InChI=1S/C13H18N2/c1-15-9-10-4-2-3-5-11(10)12-6-7-14-8-13(12)15/h2-5,12-14H,6-9H2,1H3. The molecule has 2 aliphatic rings.